The quantitative estimate of drug-likeness (QED) is 0.880. The van der Waals surface area contributed by atoms with Crippen LogP contribution in [-0.2, 0) is 4.79 Å². The van der Waals surface area contributed by atoms with Crippen LogP contribution in [0.25, 0.3) is 0 Å². The first kappa shape index (κ1) is 14.4. The van der Waals surface area contributed by atoms with Gasteiger partial charge in [0.05, 0.1) is 12.2 Å². The molecule has 0 atom stereocenters. The van der Waals surface area contributed by atoms with Crippen molar-refractivity contribution < 1.29 is 4.79 Å². The molecule has 1 aliphatic carbocycles. The second-order valence-electron chi connectivity index (χ2n) is 5.33. The molecule has 1 amide bonds. The predicted octanol–water partition coefficient (Wildman–Crippen LogP) is 1.59. The summed E-state index contributed by atoms with van der Waals surface area (Å²) in [6.45, 7) is 2.34. The number of nitrogens with zero attached hydrogens (tertiary/aromatic N) is 2. The Bertz CT molecular complexity index is 426. The normalized spacial score (nSPS) is 23.6. The topological polar surface area (TPSA) is 71.2 Å². The summed E-state index contributed by atoms with van der Waals surface area (Å²) in [5, 5.41) is 5.46. The molecule has 0 aliphatic heterocycles. The number of nitrogens with one attached hydrogen (secondary N) is 1. The van der Waals surface area contributed by atoms with Crippen molar-refractivity contribution in [2.45, 2.75) is 44.7 Å². The average molecular weight is 282 g/mol. The van der Waals surface area contributed by atoms with Crippen molar-refractivity contribution in [3.8, 4) is 0 Å². The van der Waals surface area contributed by atoms with Gasteiger partial charge in [-0.1, -0.05) is 0 Å². The van der Waals surface area contributed by atoms with E-state index in [4.69, 9.17) is 5.73 Å². The second kappa shape index (κ2) is 6.45. The molecule has 106 valence electrons. The molecule has 0 radical (unpaired) electrons. The maximum absolute atomic E-state index is 11.9. The van der Waals surface area contributed by atoms with Gasteiger partial charge in [0.2, 0.25) is 5.91 Å². The van der Waals surface area contributed by atoms with Crippen LogP contribution < -0.4 is 11.1 Å². The molecule has 0 unspecified atom stereocenters. The number of aryl methyl sites for hydroxylation is 1. The van der Waals surface area contributed by atoms with Crippen molar-refractivity contribution in [3.63, 3.8) is 0 Å². The van der Waals surface area contributed by atoms with Crippen LogP contribution in [-0.4, -0.2) is 41.5 Å². The summed E-state index contributed by atoms with van der Waals surface area (Å²) in [6, 6.07) is 0.820. The van der Waals surface area contributed by atoms with Crippen LogP contribution in [0.5, 0.6) is 0 Å². The number of aromatic nitrogens is 1. The highest BCUT2D eigenvalue weighted by Crippen LogP contribution is 2.21. The van der Waals surface area contributed by atoms with E-state index in [1.54, 1.807) is 0 Å². The third-order valence-corrected chi connectivity index (χ3v) is 4.50. The molecule has 6 heteroatoms. The largest absolute Gasteiger partial charge is 0.328 e. The number of thiazole rings is 1. The van der Waals surface area contributed by atoms with Gasteiger partial charge in [0.15, 0.2) is 5.13 Å². The number of anilines is 1. The Kier molecular flexibility index (Phi) is 4.90. The highest BCUT2D eigenvalue weighted by atomic mass is 32.1. The van der Waals surface area contributed by atoms with E-state index in [9.17, 15) is 4.79 Å². The predicted molar refractivity (Wildman–Crippen MR) is 78.3 cm³/mol. The highest BCUT2D eigenvalue weighted by Gasteiger charge is 2.23. The fraction of sp³-hybridized carbons (Fsp3) is 0.692. The summed E-state index contributed by atoms with van der Waals surface area (Å²) in [4.78, 5) is 18.3. The summed E-state index contributed by atoms with van der Waals surface area (Å²) < 4.78 is 0. The van der Waals surface area contributed by atoms with E-state index < -0.39 is 0 Å². The van der Waals surface area contributed by atoms with Crippen molar-refractivity contribution in [1.82, 2.24) is 9.88 Å². The van der Waals surface area contributed by atoms with Crippen LogP contribution >= 0.6 is 11.3 Å². The Balaban J connectivity index is 1.78. The van der Waals surface area contributed by atoms with Gasteiger partial charge < -0.3 is 11.1 Å². The zero-order chi connectivity index (χ0) is 13.8. The van der Waals surface area contributed by atoms with Gasteiger partial charge in [-0.2, -0.15) is 0 Å². The Morgan fingerprint density at radius 2 is 2.21 bits per heavy atom. The summed E-state index contributed by atoms with van der Waals surface area (Å²) in [5.74, 6) is 0.00622. The third kappa shape index (κ3) is 4.26. The lowest BCUT2D eigenvalue weighted by Gasteiger charge is -2.32. The van der Waals surface area contributed by atoms with Crippen molar-refractivity contribution in [1.29, 1.82) is 0 Å². The number of carbonyl (C=O) groups is 1. The van der Waals surface area contributed by atoms with Gasteiger partial charge in [-0.25, -0.2) is 4.98 Å². The van der Waals surface area contributed by atoms with Crippen molar-refractivity contribution >= 4 is 22.4 Å². The van der Waals surface area contributed by atoms with E-state index in [1.165, 1.54) is 11.3 Å². The first-order valence-corrected chi connectivity index (χ1v) is 7.60. The lowest BCUT2D eigenvalue weighted by Crippen LogP contribution is -2.42. The van der Waals surface area contributed by atoms with Gasteiger partial charge in [-0.15, -0.1) is 11.3 Å². The van der Waals surface area contributed by atoms with Crippen molar-refractivity contribution in [2.24, 2.45) is 5.73 Å². The van der Waals surface area contributed by atoms with E-state index in [1.807, 2.05) is 19.4 Å². The van der Waals surface area contributed by atoms with Crippen LogP contribution in [0.4, 0.5) is 5.13 Å². The molecular weight excluding hydrogens is 260 g/mol. The molecular formula is C13H22N4OS. The fourth-order valence-corrected chi connectivity index (χ4v) is 3.17. The highest BCUT2D eigenvalue weighted by molar-refractivity contribution is 7.13. The van der Waals surface area contributed by atoms with Crippen molar-refractivity contribution in [2.75, 3.05) is 18.9 Å². The van der Waals surface area contributed by atoms with Gasteiger partial charge in [0, 0.05) is 17.5 Å². The van der Waals surface area contributed by atoms with Gasteiger partial charge >= 0.3 is 0 Å². The monoisotopic (exact) mass is 282 g/mol. The molecule has 1 aromatic heterocycles. The van der Waals surface area contributed by atoms with Crippen molar-refractivity contribution in [3.05, 3.63) is 11.1 Å². The summed E-state index contributed by atoms with van der Waals surface area (Å²) in [5.41, 5.74) is 6.84. The van der Waals surface area contributed by atoms with Gasteiger partial charge in [0.25, 0.3) is 0 Å². The maximum atomic E-state index is 11.9. The van der Waals surface area contributed by atoms with Crippen LogP contribution in [0.15, 0.2) is 5.38 Å². The molecule has 0 saturated heterocycles. The maximum Gasteiger partial charge on any atom is 0.240 e. The number of amides is 1. The number of rotatable bonds is 4. The lowest BCUT2D eigenvalue weighted by atomic mass is 9.91. The summed E-state index contributed by atoms with van der Waals surface area (Å²) in [6.07, 6.45) is 4.28. The molecule has 1 aliphatic rings. The smallest absolute Gasteiger partial charge is 0.240 e. The number of hydrogen-bond acceptors (Lipinski definition) is 5. The van der Waals surface area contributed by atoms with Gasteiger partial charge in [-0.3, -0.25) is 9.69 Å². The molecule has 1 aromatic rings. The molecule has 0 spiro atoms. The first-order chi connectivity index (χ1) is 9.04. The second-order valence-corrected chi connectivity index (χ2v) is 6.18. The minimum Gasteiger partial charge on any atom is -0.328 e. The number of nitrogens with two attached hydrogens (primary N) is 1. The average Bonchev–Trinajstić information content (AvgIpc) is 2.75. The molecule has 1 fully saturated rings. The summed E-state index contributed by atoms with van der Waals surface area (Å²) >= 11 is 1.46. The Morgan fingerprint density at radius 3 is 2.79 bits per heavy atom. The third-order valence-electron chi connectivity index (χ3n) is 3.62. The molecule has 3 N–H and O–H groups in total. The Morgan fingerprint density at radius 1 is 1.53 bits per heavy atom. The SMILES string of the molecule is Cc1csc(NC(=O)CN(C)C2CCC(N)CC2)n1. The van der Waals surface area contributed by atoms with E-state index >= 15 is 0 Å². The van der Waals surface area contributed by atoms with Gasteiger partial charge in [0.1, 0.15) is 0 Å². The van der Waals surface area contributed by atoms with Crippen LogP contribution in [0, 0.1) is 6.92 Å². The summed E-state index contributed by atoms with van der Waals surface area (Å²) in [7, 11) is 2.01. The first-order valence-electron chi connectivity index (χ1n) is 6.72. The molecule has 0 aromatic carbocycles. The molecule has 1 saturated carbocycles. The Hall–Kier alpha value is -0.980. The Labute approximate surface area is 118 Å². The standard InChI is InChI=1S/C13H22N4OS/c1-9-8-19-13(15-9)16-12(18)7-17(2)11-5-3-10(14)4-6-11/h8,10-11H,3-7,14H2,1-2H3,(H,15,16,18). The lowest BCUT2D eigenvalue weighted by molar-refractivity contribution is -0.117. The minimum atomic E-state index is 0.00622. The molecule has 19 heavy (non-hydrogen) atoms. The van der Waals surface area contributed by atoms with Crippen LogP contribution in [0.2, 0.25) is 0 Å². The minimum absolute atomic E-state index is 0.00622. The molecule has 1 heterocycles. The molecule has 0 bridgehead atoms. The van der Waals surface area contributed by atoms with E-state index in [2.05, 4.69) is 15.2 Å². The van der Waals surface area contributed by atoms with E-state index in [0.29, 0.717) is 23.8 Å². The zero-order valence-electron chi connectivity index (χ0n) is 11.6. The molecule has 5 nitrogen and oxygen atoms in total. The van der Waals surface area contributed by atoms with Crippen LogP contribution in [0.3, 0.4) is 0 Å². The van der Waals surface area contributed by atoms with Gasteiger partial charge in [-0.05, 0) is 39.7 Å². The number of carbonyl (C=O) groups excluding carboxylic acids is 1. The molecule has 2 rings (SSSR count). The van der Waals surface area contributed by atoms with E-state index in [0.717, 1.165) is 31.4 Å². The zero-order valence-corrected chi connectivity index (χ0v) is 12.4. The van der Waals surface area contributed by atoms with E-state index in [-0.39, 0.29) is 5.91 Å². The fourth-order valence-electron chi connectivity index (χ4n) is 2.47. The van der Waals surface area contributed by atoms with Crippen LogP contribution in [0.1, 0.15) is 31.4 Å². The number of hydrogen-bond donors (Lipinski definition) is 2. The number of likely N-dealkylation sites (N-methyl/N-ethyl adjacent to an activating group) is 1.